The number of nitrogens with zero attached hydrogens (tertiary/aromatic N) is 2. The summed E-state index contributed by atoms with van der Waals surface area (Å²) in [6.45, 7) is 5.61. The van der Waals surface area contributed by atoms with Crippen LogP contribution in [0.25, 0.3) is 0 Å². The van der Waals surface area contributed by atoms with Gasteiger partial charge in [-0.15, -0.1) is 0 Å². The van der Waals surface area contributed by atoms with E-state index in [2.05, 4.69) is 45.2 Å². The van der Waals surface area contributed by atoms with Crippen molar-refractivity contribution in [2.24, 2.45) is 4.99 Å². The van der Waals surface area contributed by atoms with E-state index in [0.29, 0.717) is 18.7 Å². The summed E-state index contributed by atoms with van der Waals surface area (Å²) in [7, 11) is 3.97. The van der Waals surface area contributed by atoms with Crippen LogP contribution in [0.15, 0.2) is 59.6 Å². The molecule has 2 rings (SSSR count). The van der Waals surface area contributed by atoms with E-state index in [0.717, 1.165) is 37.6 Å². The lowest BCUT2D eigenvalue weighted by molar-refractivity contribution is 0.0951. The highest BCUT2D eigenvalue weighted by atomic mass is 16.1. The summed E-state index contributed by atoms with van der Waals surface area (Å²) < 4.78 is 0. The minimum atomic E-state index is -0.0504. The quantitative estimate of drug-likeness (QED) is 0.426. The Morgan fingerprint density at radius 1 is 0.931 bits per heavy atom. The van der Waals surface area contributed by atoms with Crippen molar-refractivity contribution >= 4 is 11.9 Å². The lowest BCUT2D eigenvalue weighted by atomic mass is 10.1. The third-order valence-electron chi connectivity index (χ3n) is 4.35. The molecule has 156 valence electrons. The summed E-state index contributed by atoms with van der Waals surface area (Å²) in [6, 6.07) is 18.0. The standard InChI is InChI=1S/C23H33N5O/c1-4-24-23(26-14-13-19-9-6-5-7-10-19)27-18-20-11-8-12-21(17-20)22(29)25-15-16-28(2)3/h5-12,17H,4,13-16,18H2,1-3H3,(H,25,29)(H2,24,26,27). The van der Waals surface area contributed by atoms with Gasteiger partial charge in [-0.05, 0) is 50.7 Å². The van der Waals surface area contributed by atoms with E-state index in [9.17, 15) is 4.79 Å². The van der Waals surface area contributed by atoms with Crippen LogP contribution >= 0.6 is 0 Å². The number of guanidine groups is 1. The fourth-order valence-electron chi connectivity index (χ4n) is 2.79. The van der Waals surface area contributed by atoms with Gasteiger partial charge in [0.2, 0.25) is 0 Å². The van der Waals surface area contributed by atoms with Crippen LogP contribution < -0.4 is 16.0 Å². The van der Waals surface area contributed by atoms with Gasteiger partial charge in [0.05, 0.1) is 6.54 Å². The van der Waals surface area contributed by atoms with E-state index >= 15 is 0 Å². The predicted molar refractivity (Wildman–Crippen MR) is 120 cm³/mol. The van der Waals surface area contributed by atoms with Gasteiger partial charge in [0.1, 0.15) is 0 Å². The van der Waals surface area contributed by atoms with Crippen molar-refractivity contribution < 1.29 is 4.79 Å². The molecule has 2 aromatic carbocycles. The average Bonchev–Trinajstić information content (AvgIpc) is 2.72. The molecular weight excluding hydrogens is 362 g/mol. The van der Waals surface area contributed by atoms with Gasteiger partial charge in [0, 0.05) is 31.7 Å². The molecule has 0 saturated heterocycles. The van der Waals surface area contributed by atoms with E-state index in [1.165, 1.54) is 5.56 Å². The van der Waals surface area contributed by atoms with Crippen LogP contribution in [0.5, 0.6) is 0 Å². The Morgan fingerprint density at radius 2 is 1.69 bits per heavy atom. The van der Waals surface area contributed by atoms with Crippen LogP contribution in [-0.4, -0.2) is 57.0 Å². The number of hydrogen-bond donors (Lipinski definition) is 3. The molecule has 0 bridgehead atoms. The van der Waals surface area contributed by atoms with E-state index in [-0.39, 0.29) is 5.91 Å². The van der Waals surface area contributed by atoms with Gasteiger partial charge in [-0.3, -0.25) is 4.79 Å². The third kappa shape index (κ3) is 8.79. The zero-order valence-electron chi connectivity index (χ0n) is 17.7. The number of carbonyl (C=O) groups excluding carboxylic acids is 1. The van der Waals surface area contributed by atoms with Gasteiger partial charge in [-0.25, -0.2) is 4.99 Å². The van der Waals surface area contributed by atoms with Crippen molar-refractivity contribution in [3.05, 3.63) is 71.3 Å². The molecule has 0 aliphatic carbocycles. The Kier molecular flexibility index (Phi) is 9.72. The summed E-state index contributed by atoms with van der Waals surface area (Å²) in [4.78, 5) is 19.0. The van der Waals surface area contributed by atoms with Gasteiger partial charge in [0.25, 0.3) is 5.91 Å². The molecule has 0 radical (unpaired) electrons. The maximum atomic E-state index is 12.3. The second-order valence-corrected chi connectivity index (χ2v) is 7.12. The molecular formula is C23H33N5O. The normalized spacial score (nSPS) is 11.4. The Hall–Kier alpha value is -2.86. The Labute approximate surface area is 174 Å². The maximum Gasteiger partial charge on any atom is 0.251 e. The van der Waals surface area contributed by atoms with Crippen LogP contribution in [0.1, 0.15) is 28.4 Å². The zero-order valence-corrected chi connectivity index (χ0v) is 17.7. The molecule has 0 spiro atoms. The van der Waals surface area contributed by atoms with Crippen molar-refractivity contribution in [1.82, 2.24) is 20.9 Å². The van der Waals surface area contributed by atoms with Crippen molar-refractivity contribution in [3.8, 4) is 0 Å². The number of carbonyl (C=O) groups is 1. The lowest BCUT2D eigenvalue weighted by Gasteiger charge is -2.12. The lowest BCUT2D eigenvalue weighted by Crippen LogP contribution is -2.38. The number of hydrogen-bond acceptors (Lipinski definition) is 3. The highest BCUT2D eigenvalue weighted by Gasteiger charge is 2.06. The van der Waals surface area contributed by atoms with E-state index < -0.39 is 0 Å². The molecule has 0 saturated carbocycles. The Balaban J connectivity index is 1.89. The molecule has 0 unspecified atom stereocenters. The molecule has 29 heavy (non-hydrogen) atoms. The second-order valence-electron chi connectivity index (χ2n) is 7.12. The number of amides is 1. The van der Waals surface area contributed by atoms with Crippen LogP contribution in [0.4, 0.5) is 0 Å². The van der Waals surface area contributed by atoms with E-state index in [1.54, 1.807) is 0 Å². The number of aliphatic imine (C=N–C) groups is 1. The first-order valence-corrected chi connectivity index (χ1v) is 10.2. The van der Waals surface area contributed by atoms with Gasteiger partial charge in [-0.1, -0.05) is 42.5 Å². The molecule has 6 nitrogen and oxygen atoms in total. The largest absolute Gasteiger partial charge is 0.357 e. The topological polar surface area (TPSA) is 68.8 Å². The van der Waals surface area contributed by atoms with Gasteiger partial charge in [-0.2, -0.15) is 0 Å². The summed E-state index contributed by atoms with van der Waals surface area (Å²) >= 11 is 0. The molecule has 0 atom stereocenters. The number of benzene rings is 2. The first-order chi connectivity index (χ1) is 14.1. The molecule has 0 fully saturated rings. The molecule has 3 N–H and O–H groups in total. The minimum Gasteiger partial charge on any atom is -0.357 e. The minimum absolute atomic E-state index is 0.0504. The number of likely N-dealkylation sites (N-methyl/N-ethyl adjacent to an activating group) is 1. The molecule has 0 heterocycles. The predicted octanol–water partition coefficient (Wildman–Crippen LogP) is 2.28. The van der Waals surface area contributed by atoms with Crippen LogP contribution in [0.2, 0.25) is 0 Å². The number of nitrogens with one attached hydrogen (secondary N) is 3. The number of rotatable bonds is 10. The molecule has 6 heteroatoms. The van der Waals surface area contributed by atoms with E-state index in [4.69, 9.17) is 0 Å². The molecule has 0 aliphatic rings. The van der Waals surface area contributed by atoms with Crippen molar-refractivity contribution in [2.75, 3.05) is 40.3 Å². The highest BCUT2D eigenvalue weighted by Crippen LogP contribution is 2.07. The fraction of sp³-hybridized carbons (Fsp3) is 0.391. The maximum absolute atomic E-state index is 12.3. The van der Waals surface area contributed by atoms with Crippen LogP contribution in [0, 0.1) is 0 Å². The second kappa shape index (κ2) is 12.6. The van der Waals surface area contributed by atoms with Crippen molar-refractivity contribution in [1.29, 1.82) is 0 Å². The van der Waals surface area contributed by atoms with E-state index in [1.807, 2.05) is 56.3 Å². The van der Waals surface area contributed by atoms with Crippen molar-refractivity contribution in [2.45, 2.75) is 19.9 Å². The summed E-state index contributed by atoms with van der Waals surface area (Å²) in [6.07, 6.45) is 0.938. The Bertz CT molecular complexity index is 774. The average molecular weight is 396 g/mol. The monoisotopic (exact) mass is 395 g/mol. The fourth-order valence-corrected chi connectivity index (χ4v) is 2.79. The first-order valence-electron chi connectivity index (χ1n) is 10.2. The smallest absolute Gasteiger partial charge is 0.251 e. The third-order valence-corrected chi connectivity index (χ3v) is 4.35. The molecule has 0 aromatic heterocycles. The SMILES string of the molecule is CCNC(=NCc1cccc(C(=O)NCCN(C)C)c1)NCCc1ccccc1. The van der Waals surface area contributed by atoms with Gasteiger partial charge >= 0.3 is 0 Å². The van der Waals surface area contributed by atoms with Crippen LogP contribution in [0.3, 0.4) is 0 Å². The summed E-state index contributed by atoms with van der Waals surface area (Å²) in [5, 5.41) is 9.59. The summed E-state index contributed by atoms with van der Waals surface area (Å²) in [5.74, 6) is 0.731. The van der Waals surface area contributed by atoms with Gasteiger partial charge in [0.15, 0.2) is 5.96 Å². The first kappa shape index (κ1) is 22.4. The highest BCUT2D eigenvalue weighted by molar-refractivity contribution is 5.94. The summed E-state index contributed by atoms with van der Waals surface area (Å²) in [5.41, 5.74) is 2.97. The van der Waals surface area contributed by atoms with Crippen LogP contribution in [-0.2, 0) is 13.0 Å². The molecule has 0 aliphatic heterocycles. The van der Waals surface area contributed by atoms with Gasteiger partial charge < -0.3 is 20.9 Å². The molecule has 1 amide bonds. The zero-order chi connectivity index (χ0) is 20.9. The molecule has 2 aromatic rings. The Morgan fingerprint density at radius 3 is 2.41 bits per heavy atom. The van der Waals surface area contributed by atoms with Crippen molar-refractivity contribution in [3.63, 3.8) is 0 Å².